The first-order valence-corrected chi connectivity index (χ1v) is 4.83. The molecule has 12 heavy (non-hydrogen) atoms. The predicted octanol–water partition coefficient (Wildman–Crippen LogP) is 2.36. The third kappa shape index (κ3) is 1.93. The zero-order valence-electron chi connectivity index (χ0n) is 7.24. The van der Waals surface area contributed by atoms with Gasteiger partial charge >= 0.3 is 0 Å². The molecule has 1 rings (SSSR count). The lowest BCUT2D eigenvalue weighted by Crippen LogP contribution is -2.21. The monoisotopic (exact) mass is 184 g/mol. The molecule has 1 aromatic heterocycles. The Balaban J connectivity index is 2.70. The topological polar surface area (TPSA) is 26.3 Å². The second-order valence-corrected chi connectivity index (χ2v) is 3.29. The molecule has 1 heterocycles. The molecule has 0 aromatic carbocycles. The highest BCUT2D eigenvalue weighted by atomic mass is 32.1. The summed E-state index contributed by atoms with van der Waals surface area (Å²) in [6, 6.07) is 1.83. The lowest BCUT2D eigenvalue weighted by molar-refractivity contribution is 0.0596. The number of hydrogen-bond acceptors (Lipinski definition) is 3. The maximum atomic E-state index is 11.5. The van der Waals surface area contributed by atoms with E-state index in [1.807, 2.05) is 23.8 Å². The van der Waals surface area contributed by atoms with Gasteiger partial charge in [-0.15, -0.1) is 0 Å². The van der Waals surface area contributed by atoms with Gasteiger partial charge in [0.25, 0.3) is 0 Å². The van der Waals surface area contributed by atoms with E-state index >= 15 is 0 Å². The van der Waals surface area contributed by atoms with Crippen molar-refractivity contribution in [3.05, 3.63) is 22.4 Å². The van der Waals surface area contributed by atoms with Crippen LogP contribution in [0.1, 0.15) is 23.7 Å². The molecule has 2 nitrogen and oxygen atoms in total. The first-order chi connectivity index (χ1) is 5.79. The summed E-state index contributed by atoms with van der Waals surface area (Å²) in [5, 5.41) is 3.75. The van der Waals surface area contributed by atoms with Crippen LogP contribution in [0.5, 0.6) is 0 Å². The molecule has 0 N–H and O–H groups in total. The summed E-state index contributed by atoms with van der Waals surface area (Å²) in [6.45, 7) is 1.94. The van der Waals surface area contributed by atoms with Crippen LogP contribution in [-0.2, 0) is 4.74 Å². The van der Waals surface area contributed by atoms with Crippen molar-refractivity contribution < 1.29 is 9.53 Å². The molecular weight excluding hydrogens is 172 g/mol. The van der Waals surface area contributed by atoms with Crippen molar-refractivity contribution in [1.82, 2.24) is 0 Å². The fraction of sp³-hybridized carbons (Fsp3) is 0.444. The maximum Gasteiger partial charge on any atom is 0.192 e. The molecule has 0 aliphatic rings. The fourth-order valence-corrected chi connectivity index (χ4v) is 1.69. The predicted molar refractivity (Wildman–Crippen MR) is 49.7 cm³/mol. The van der Waals surface area contributed by atoms with Crippen molar-refractivity contribution in [2.45, 2.75) is 19.4 Å². The second-order valence-electron chi connectivity index (χ2n) is 2.51. The summed E-state index contributed by atoms with van der Waals surface area (Å²) in [5.74, 6) is 0.0845. The van der Waals surface area contributed by atoms with E-state index in [2.05, 4.69) is 0 Å². The smallest absolute Gasteiger partial charge is 0.192 e. The largest absolute Gasteiger partial charge is 0.373 e. The minimum absolute atomic E-state index is 0.0845. The fourth-order valence-electron chi connectivity index (χ4n) is 1.05. The molecule has 1 aromatic rings. The van der Waals surface area contributed by atoms with Crippen molar-refractivity contribution in [3.8, 4) is 0 Å². The summed E-state index contributed by atoms with van der Waals surface area (Å²) in [7, 11) is 1.57. The molecular formula is C9H12O2S. The summed E-state index contributed by atoms with van der Waals surface area (Å²) >= 11 is 1.53. The van der Waals surface area contributed by atoms with Crippen LogP contribution in [0.2, 0.25) is 0 Å². The van der Waals surface area contributed by atoms with Gasteiger partial charge in [-0.3, -0.25) is 4.79 Å². The van der Waals surface area contributed by atoms with Gasteiger partial charge in [0.05, 0.1) is 0 Å². The zero-order valence-corrected chi connectivity index (χ0v) is 8.06. The van der Waals surface area contributed by atoms with E-state index in [0.717, 1.165) is 12.0 Å². The van der Waals surface area contributed by atoms with E-state index in [9.17, 15) is 4.79 Å². The van der Waals surface area contributed by atoms with Gasteiger partial charge in [0.1, 0.15) is 6.10 Å². The Morgan fingerprint density at radius 3 is 2.92 bits per heavy atom. The summed E-state index contributed by atoms with van der Waals surface area (Å²) in [5.41, 5.74) is 0.758. The number of methoxy groups -OCH3 is 1. The first-order valence-electron chi connectivity index (χ1n) is 3.88. The van der Waals surface area contributed by atoms with Crippen molar-refractivity contribution in [2.24, 2.45) is 0 Å². The molecule has 0 saturated carbocycles. The van der Waals surface area contributed by atoms with Crippen LogP contribution in [0.15, 0.2) is 16.8 Å². The van der Waals surface area contributed by atoms with Crippen LogP contribution in [0, 0.1) is 0 Å². The minimum Gasteiger partial charge on any atom is -0.373 e. The Bertz CT molecular complexity index is 237. The third-order valence-corrected chi connectivity index (χ3v) is 2.44. The number of carbonyl (C=O) groups is 1. The molecule has 1 unspecified atom stereocenters. The average molecular weight is 184 g/mol. The molecule has 0 spiro atoms. The van der Waals surface area contributed by atoms with Crippen LogP contribution in [0.25, 0.3) is 0 Å². The highest BCUT2D eigenvalue weighted by Crippen LogP contribution is 2.11. The van der Waals surface area contributed by atoms with E-state index in [-0.39, 0.29) is 11.9 Å². The van der Waals surface area contributed by atoms with Gasteiger partial charge in [0.15, 0.2) is 5.78 Å². The highest BCUT2D eigenvalue weighted by Gasteiger charge is 2.17. The SMILES string of the molecule is CCC(OC)C(=O)c1ccsc1. The maximum absolute atomic E-state index is 11.5. The van der Waals surface area contributed by atoms with Crippen LogP contribution in [0.4, 0.5) is 0 Å². The number of carbonyl (C=O) groups excluding carboxylic acids is 1. The molecule has 0 fully saturated rings. The number of rotatable bonds is 4. The molecule has 0 amide bonds. The summed E-state index contributed by atoms with van der Waals surface area (Å²) in [4.78, 5) is 11.5. The average Bonchev–Trinajstić information content (AvgIpc) is 2.58. The van der Waals surface area contributed by atoms with Crippen molar-refractivity contribution in [1.29, 1.82) is 0 Å². The number of hydrogen-bond donors (Lipinski definition) is 0. The van der Waals surface area contributed by atoms with E-state index in [4.69, 9.17) is 4.74 Å². The highest BCUT2D eigenvalue weighted by molar-refractivity contribution is 7.08. The van der Waals surface area contributed by atoms with Gasteiger partial charge in [-0.1, -0.05) is 6.92 Å². The Labute approximate surface area is 76.2 Å². The van der Waals surface area contributed by atoms with Gasteiger partial charge in [-0.2, -0.15) is 11.3 Å². The number of thiophene rings is 1. The second kappa shape index (κ2) is 4.38. The normalized spacial score (nSPS) is 12.8. The van der Waals surface area contributed by atoms with Gasteiger partial charge in [0.2, 0.25) is 0 Å². The van der Waals surface area contributed by atoms with Crippen molar-refractivity contribution >= 4 is 17.1 Å². The number of ether oxygens (including phenoxy) is 1. The van der Waals surface area contributed by atoms with Crippen molar-refractivity contribution in [2.75, 3.05) is 7.11 Å². The van der Waals surface area contributed by atoms with Gasteiger partial charge < -0.3 is 4.74 Å². The first kappa shape index (κ1) is 9.42. The lowest BCUT2D eigenvalue weighted by Gasteiger charge is -2.09. The number of ketones is 1. The Kier molecular flexibility index (Phi) is 3.44. The van der Waals surface area contributed by atoms with Crippen LogP contribution >= 0.6 is 11.3 Å². The van der Waals surface area contributed by atoms with E-state index in [1.165, 1.54) is 11.3 Å². The molecule has 0 saturated heterocycles. The summed E-state index contributed by atoms with van der Waals surface area (Å²) < 4.78 is 5.04. The molecule has 0 aliphatic carbocycles. The molecule has 0 aliphatic heterocycles. The number of Topliss-reactive ketones (excluding diaryl/α,β-unsaturated/α-hetero) is 1. The van der Waals surface area contributed by atoms with E-state index in [1.54, 1.807) is 7.11 Å². The van der Waals surface area contributed by atoms with Crippen LogP contribution in [0.3, 0.4) is 0 Å². The lowest BCUT2D eigenvalue weighted by atomic mass is 10.1. The Morgan fingerprint density at radius 1 is 1.75 bits per heavy atom. The van der Waals surface area contributed by atoms with Crippen LogP contribution < -0.4 is 0 Å². The Morgan fingerprint density at radius 2 is 2.50 bits per heavy atom. The molecule has 3 heteroatoms. The zero-order chi connectivity index (χ0) is 8.97. The molecule has 0 radical (unpaired) electrons. The quantitative estimate of drug-likeness (QED) is 0.671. The van der Waals surface area contributed by atoms with Gasteiger partial charge in [-0.25, -0.2) is 0 Å². The third-order valence-electron chi connectivity index (χ3n) is 1.75. The van der Waals surface area contributed by atoms with Gasteiger partial charge in [0, 0.05) is 18.1 Å². The summed E-state index contributed by atoms with van der Waals surface area (Å²) in [6.07, 6.45) is 0.449. The molecule has 1 atom stereocenters. The van der Waals surface area contributed by atoms with E-state index < -0.39 is 0 Å². The van der Waals surface area contributed by atoms with E-state index in [0.29, 0.717) is 0 Å². The molecule has 0 bridgehead atoms. The van der Waals surface area contributed by atoms with Crippen LogP contribution in [-0.4, -0.2) is 19.0 Å². The van der Waals surface area contributed by atoms with Gasteiger partial charge in [-0.05, 0) is 17.9 Å². The Hall–Kier alpha value is -0.670. The standard InChI is InChI=1S/C9H12O2S/c1-3-8(11-2)9(10)7-4-5-12-6-7/h4-6,8H,3H2,1-2H3. The minimum atomic E-state index is -0.278. The van der Waals surface area contributed by atoms with Crippen molar-refractivity contribution in [3.63, 3.8) is 0 Å². The molecule has 66 valence electrons.